The first-order valence-corrected chi connectivity index (χ1v) is 10.4. The predicted molar refractivity (Wildman–Crippen MR) is 124 cm³/mol. The third-order valence-electron chi connectivity index (χ3n) is 4.04. The highest BCUT2D eigenvalue weighted by Gasteiger charge is 2.17. The molecule has 5 nitrogen and oxygen atoms in total. The first-order chi connectivity index (χ1) is 11.9. The Bertz CT molecular complexity index is 508. The number of guanidine groups is 1. The van der Waals surface area contributed by atoms with Gasteiger partial charge in [0, 0.05) is 43.5 Å². The highest BCUT2D eigenvalue weighted by Crippen LogP contribution is 2.23. The summed E-state index contributed by atoms with van der Waals surface area (Å²) in [6.07, 6.45) is 3.97. The Labute approximate surface area is 180 Å². The fourth-order valence-corrected chi connectivity index (χ4v) is 3.56. The summed E-state index contributed by atoms with van der Waals surface area (Å²) < 4.78 is 0. The van der Waals surface area contributed by atoms with Crippen LogP contribution in [0.1, 0.15) is 64.6 Å². The van der Waals surface area contributed by atoms with Crippen molar-refractivity contribution >= 4 is 41.3 Å². The van der Waals surface area contributed by atoms with Crippen LogP contribution in [0.25, 0.3) is 0 Å². The fraction of sp³-hybridized carbons (Fsp3) is 0.789. The molecule has 0 saturated carbocycles. The van der Waals surface area contributed by atoms with E-state index in [0.717, 1.165) is 56.3 Å². The summed E-state index contributed by atoms with van der Waals surface area (Å²) in [6.45, 7) is 13.5. The zero-order chi connectivity index (χ0) is 18.7. The molecule has 0 aliphatic carbocycles. The van der Waals surface area contributed by atoms with Crippen molar-refractivity contribution < 1.29 is 5.11 Å². The van der Waals surface area contributed by atoms with Crippen molar-refractivity contribution in [2.75, 3.05) is 26.2 Å². The van der Waals surface area contributed by atoms with Gasteiger partial charge in [-0.1, -0.05) is 34.1 Å². The summed E-state index contributed by atoms with van der Waals surface area (Å²) in [7, 11) is 0. The molecule has 1 aromatic rings. The zero-order valence-corrected chi connectivity index (χ0v) is 20.1. The number of aliphatic hydroxyl groups is 1. The van der Waals surface area contributed by atoms with Gasteiger partial charge in [0.1, 0.15) is 0 Å². The number of nitrogens with one attached hydrogen (secondary N) is 2. The first kappa shape index (κ1) is 25.6. The van der Waals surface area contributed by atoms with E-state index in [-0.39, 0.29) is 36.0 Å². The van der Waals surface area contributed by atoms with E-state index in [1.807, 2.05) is 0 Å². The molecule has 1 rings (SSSR count). The number of thiazole rings is 1. The van der Waals surface area contributed by atoms with Gasteiger partial charge in [0.2, 0.25) is 0 Å². The van der Waals surface area contributed by atoms with Crippen LogP contribution in [0.2, 0.25) is 0 Å². The number of hydrogen-bond donors (Lipinski definition) is 3. The molecule has 1 atom stereocenters. The molecule has 0 fully saturated rings. The van der Waals surface area contributed by atoms with Crippen molar-refractivity contribution in [2.45, 2.75) is 65.7 Å². The quantitative estimate of drug-likeness (QED) is 0.261. The molecule has 7 heteroatoms. The van der Waals surface area contributed by atoms with Crippen LogP contribution >= 0.6 is 35.3 Å². The summed E-state index contributed by atoms with van der Waals surface area (Å²) in [5.74, 6) is 1.31. The second-order valence-electron chi connectivity index (χ2n) is 7.44. The molecule has 1 aromatic heterocycles. The summed E-state index contributed by atoms with van der Waals surface area (Å²) in [5, 5.41) is 19.2. The van der Waals surface area contributed by atoms with Crippen LogP contribution in [0.5, 0.6) is 0 Å². The molecule has 0 aliphatic heterocycles. The maximum absolute atomic E-state index is 9.17. The minimum atomic E-state index is 0. The van der Waals surface area contributed by atoms with E-state index in [1.54, 1.807) is 11.3 Å². The van der Waals surface area contributed by atoms with Crippen molar-refractivity contribution in [3.63, 3.8) is 0 Å². The van der Waals surface area contributed by atoms with Crippen LogP contribution in [0.4, 0.5) is 0 Å². The van der Waals surface area contributed by atoms with Crippen molar-refractivity contribution in [1.82, 2.24) is 15.6 Å². The first-order valence-electron chi connectivity index (χ1n) is 9.48. The molecule has 0 bridgehead atoms. The molecular weight excluding hydrogens is 459 g/mol. The lowest BCUT2D eigenvalue weighted by atomic mass is 9.93. The van der Waals surface area contributed by atoms with E-state index >= 15 is 0 Å². The third-order valence-corrected chi connectivity index (χ3v) is 4.95. The Kier molecular flexibility index (Phi) is 13.5. The van der Waals surface area contributed by atoms with Gasteiger partial charge in [0.25, 0.3) is 0 Å². The minimum Gasteiger partial charge on any atom is -0.396 e. The topological polar surface area (TPSA) is 69.5 Å². The van der Waals surface area contributed by atoms with Gasteiger partial charge in [-0.3, -0.25) is 4.99 Å². The molecule has 1 unspecified atom stereocenters. The second-order valence-corrected chi connectivity index (χ2v) is 8.38. The van der Waals surface area contributed by atoms with Gasteiger partial charge in [-0.25, -0.2) is 4.98 Å². The van der Waals surface area contributed by atoms with Crippen molar-refractivity contribution in [1.29, 1.82) is 0 Å². The van der Waals surface area contributed by atoms with Crippen molar-refractivity contribution in [3.8, 4) is 0 Å². The van der Waals surface area contributed by atoms with Crippen molar-refractivity contribution in [3.05, 3.63) is 16.1 Å². The Hall–Kier alpha value is -0.410. The molecule has 0 aromatic carbocycles. The maximum atomic E-state index is 9.17. The molecule has 26 heavy (non-hydrogen) atoms. The smallest absolute Gasteiger partial charge is 0.191 e. The average molecular weight is 497 g/mol. The Morgan fingerprint density at radius 1 is 1.27 bits per heavy atom. The van der Waals surface area contributed by atoms with E-state index in [0.29, 0.717) is 5.92 Å². The van der Waals surface area contributed by atoms with Crippen LogP contribution in [0.3, 0.4) is 0 Å². The standard InChI is InChI=1S/C19H36N4OS.HI/c1-6-8-15(10-12-24)13-22-18(20-7-2)21-11-9-17-23-16(14-25-17)19(3,4)5;/h14-15,24H,6-13H2,1-5H3,(H2,20,21,22);1H. The summed E-state index contributed by atoms with van der Waals surface area (Å²) in [4.78, 5) is 9.43. The SMILES string of the molecule is CCCC(CCO)CN=C(NCC)NCCc1nc(C(C)(C)C)cs1.I. The fourth-order valence-electron chi connectivity index (χ4n) is 2.54. The van der Waals surface area contributed by atoms with Crippen molar-refractivity contribution in [2.24, 2.45) is 10.9 Å². The Morgan fingerprint density at radius 3 is 2.54 bits per heavy atom. The van der Waals surface area contributed by atoms with E-state index in [1.165, 1.54) is 5.69 Å². The number of aliphatic hydroxyl groups excluding tert-OH is 1. The predicted octanol–water partition coefficient (Wildman–Crippen LogP) is 3.95. The summed E-state index contributed by atoms with van der Waals surface area (Å²) >= 11 is 1.73. The van der Waals surface area contributed by atoms with Gasteiger partial charge in [-0.05, 0) is 25.7 Å². The van der Waals surface area contributed by atoms with Crippen LogP contribution < -0.4 is 10.6 Å². The highest BCUT2D eigenvalue weighted by molar-refractivity contribution is 14.0. The number of rotatable bonds is 10. The van der Waals surface area contributed by atoms with Gasteiger partial charge in [-0.2, -0.15) is 0 Å². The zero-order valence-electron chi connectivity index (χ0n) is 17.0. The lowest BCUT2D eigenvalue weighted by molar-refractivity contribution is 0.253. The maximum Gasteiger partial charge on any atom is 0.191 e. The normalized spacial score (nSPS) is 13.2. The molecule has 0 spiro atoms. The van der Waals surface area contributed by atoms with Crippen LogP contribution in [-0.4, -0.2) is 42.3 Å². The van der Waals surface area contributed by atoms with Gasteiger partial charge in [0.15, 0.2) is 5.96 Å². The number of aliphatic imine (C=N–C) groups is 1. The van der Waals surface area contributed by atoms with E-state index < -0.39 is 0 Å². The molecule has 0 aliphatic rings. The molecule has 0 radical (unpaired) electrons. The van der Waals surface area contributed by atoms with Gasteiger partial charge < -0.3 is 15.7 Å². The van der Waals surface area contributed by atoms with Gasteiger partial charge >= 0.3 is 0 Å². The van der Waals surface area contributed by atoms with Crippen LogP contribution in [0, 0.1) is 5.92 Å². The van der Waals surface area contributed by atoms with Crippen LogP contribution in [0.15, 0.2) is 10.4 Å². The van der Waals surface area contributed by atoms with Crippen LogP contribution in [-0.2, 0) is 11.8 Å². The molecule has 152 valence electrons. The van der Waals surface area contributed by atoms with E-state index in [2.05, 4.69) is 50.6 Å². The van der Waals surface area contributed by atoms with Gasteiger partial charge in [0.05, 0.1) is 10.7 Å². The molecule has 1 heterocycles. The van der Waals surface area contributed by atoms with E-state index in [9.17, 15) is 5.11 Å². The van der Waals surface area contributed by atoms with E-state index in [4.69, 9.17) is 9.98 Å². The number of halogens is 1. The largest absolute Gasteiger partial charge is 0.396 e. The molecule has 3 N–H and O–H groups in total. The highest BCUT2D eigenvalue weighted by atomic mass is 127. The average Bonchev–Trinajstić information content (AvgIpc) is 3.02. The Morgan fingerprint density at radius 2 is 2.00 bits per heavy atom. The number of hydrogen-bond acceptors (Lipinski definition) is 4. The lowest BCUT2D eigenvalue weighted by Crippen LogP contribution is -2.38. The number of aromatic nitrogens is 1. The third kappa shape index (κ3) is 10.1. The minimum absolute atomic E-state index is 0. The molecule has 0 saturated heterocycles. The monoisotopic (exact) mass is 496 g/mol. The lowest BCUT2D eigenvalue weighted by Gasteiger charge is -2.15. The van der Waals surface area contributed by atoms with Gasteiger partial charge in [-0.15, -0.1) is 35.3 Å². The second kappa shape index (κ2) is 13.7. The molecular formula is C19H37IN4OS. The summed E-state index contributed by atoms with van der Waals surface area (Å²) in [5.41, 5.74) is 1.28. The molecule has 0 amide bonds. The Balaban J connectivity index is 0.00000625. The summed E-state index contributed by atoms with van der Waals surface area (Å²) in [6, 6.07) is 0. The number of nitrogens with zero attached hydrogens (tertiary/aromatic N) is 2.